The van der Waals surface area contributed by atoms with E-state index in [2.05, 4.69) is 5.32 Å². The van der Waals surface area contributed by atoms with Crippen LogP contribution in [0.2, 0.25) is 10.0 Å². The molecule has 1 N–H and O–H groups in total. The van der Waals surface area contributed by atoms with Crippen LogP contribution in [0.4, 0.5) is 0 Å². The second-order valence-electron chi connectivity index (χ2n) is 4.30. The normalized spacial score (nSPS) is 24.2. The lowest BCUT2D eigenvalue weighted by Gasteiger charge is -2.31. The summed E-state index contributed by atoms with van der Waals surface area (Å²) in [6.07, 6.45) is 2.26. The molecule has 1 nitrogen and oxygen atoms in total. The van der Waals surface area contributed by atoms with Crippen LogP contribution in [-0.2, 0) is 6.54 Å². The highest BCUT2D eigenvalue weighted by molar-refractivity contribution is 6.35. The van der Waals surface area contributed by atoms with Gasteiger partial charge in [0, 0.05) is 22.0 Å². The van der Waals surface area contributed by atoms with E-state index in [1.165, 1.54) is 0 Å². The first-order valence-electron chi connectivity index (χ1n) is 5.44. The highest BCUT2D eigenvalue weighted by atomic mass is 35.5. The van der Waals surface area contributed by atoms with Crippen molar-refractivity contribution in [2.75, 3.05) is 6.54 Å². The van der Waals surface area contributed by atoms with Crippen LogP contribution in [0.3, 0.4) is 0 Å². The third-order valence-corrected chi connectivity index (χ3v) is 3.89. The molecule has 16 heavy (non-hydrogen) atoms. The zero-order valence-corrected chi connectivity index (χ0v) is 11.1. The first-order chi connectivity index (χ1) is 7.65. The summed E-state index contributed by atoms with van der Waals surface area (Å²) in [6, 6.07) is 5.60. The minimum absolute atomic E-state index is 0.394. The van der Waals surface area contributed by atoms with Crippen LogP contribution >= 0.6 is 34.8 Å². The zero-order chi connectivity index (χ0) is 11.5. The van der Waals surface area contributed by atoms with Crippen molar-refractivity contribution in [2.45, 2.75) is 24.8 Å². The summed E-state index contributed by atoms with van der Waals surface area (Å²) in [5, 5.41) is 5.20. The Balaban J connectivity index is 1.76. The lowest BCUT2D eigenvalue weighted by atomic mass is 9.85. The largest absolute Gasteiger partial charge is 0.312 e. The summed E-state index contributed by atoms with van der Waals surface area (Å²) in [7, 11) is 0. The van der Waals surface area contributed by atoms with Crippen molar-refractivity contribution in [1.29, 1.82) is 0 Å². The van der Waals surface area contributed by atoms with Crippen molar-refractivity contribution < 1.29 is 0 Å². The quantitative estimate of drug-likeness (QED) is 0.818. The Morgan fingerprint density at radius 2 is 2.00 bits per heavy atom. The molecular weight excluding hydrogens is 264 g/mol. The number of rotatable bonds is 4. The number of hydrogen-bond donors (Lipinski definition) is 1. The monoisotopic (exact) mass is 277 g/mol. The lowest BCUT2D eigenvalue weighted by Crippen LogP contribution is -2.33. The molecule has 0 amide bonds. The number of hydrogen-bond acceptors (Lipinski definition) is 1. The Labute approximate surface area is 111 Å². The van der Waals surface area contributed by atoms with Gasteiger partial charge in [-0.25, -0.2) is 0 Å². The smallest absolute Gasteiger partial charge is 0.0465 e. The fourth-order valence-electron chi connectivity index (χ4n) is 1.90. The molecule has 0 aliphatic heterocycles. The molecule has 1 saturated carbocycles. The first kappa shape index (κ1) is 12.5. The van der Waals surface area contributed by atoms with E-state index in [1.54, 1.807) is 6.07 Å². The number of nitrogens with one attached hydrogen (secondary N) is 1. The molecule has 1 aliphatic rings. The summed E-state index contributed by atoms with van der Waals surface area (Å²) in [5.41, 5.74) is 1.09. The zero-order valence-electron chi connectivity index (χ0n) is 8.85. The Bertz CT molecular complexity index is 361. The van der Waals surface area contributed by atoms with E-state index in [1.807, 2.05) is 12.1 Å². The Kier molecular flexibility index (Phi) is 4.37. The third kappa shape index (κ3) is 3.27. The van der Waals surface area contributed by atoms with Gasteiger partial charge in [0.05, 0.1) is 0 Å². The van der Waals surface area contributed by atoms with Crippen molar-refractivity contribution in [3.8, 4) is 0 Å². The number of benzene rings is 1. The molecule has 88 valence electrons. The molecular formula is C12H14Cl3N. The minimum Gasteiger partial charge on any atom is -0.312 e. The molecule has 0 aromatic heterocycles. The molecule has 2 rings (SSSR count). The van der Waals surface area contributed by atoms with Gasteiger partial charge in [-0.2, -0.15) is 0 Å². The van der Waals surface area contributed by atoms with Gasteiger partial charge in [0.15, 0.2) is 0 Å². The van der Waals surface area contributed by atoms with Crippen molar-refractivity contribution in [2.24, 2.45) is 5.92 Å². The lowest BCUT2D eigenvalue weighted by molar-refractivity contribution is 0.308. The van der Waals surface area contributed by atoms with Crippen LogP contribution in [0, 0.1) is 5.92 Å². The maximum Gasteiger partial charge on any atom is 0.0465 e. The summed E-state index contributed by atoms with van der Waals surface area (Å²) in [6.45, 7) is 1.81. The summed E-state index contributed by atoms with van der Waals surface area (Å²) < 4.78 is 0. The van der Waals surface area contributed by atoms with E-state index in [9.17, 15) is 0 Å². The van der Waals surface area contributed by atoms with Crippen molar-refractivity contribution in [3.05, 3.63) is 33.8 Å². The van der Waals surface area contributed by atoms with Gasteiger partial charge in [-0.15, -0.1) is 11.6 Å². The molecule has 0 bridgehead atoms. The van der Waals surface area contributed by atoms with Gasteiger partial charge in [0.1, 0.15) is 0 Å². The Morgan fingerprint density at radius 3 is 2.62 bits per heavy atom. The topological polar surface area (TPSA) is 12.0 Å². The van der Waals surface area contributed by atoms with Gasteiger partial charge in [-0.1, -0.05) is 29.3 Å². The average Bonchev–Trinajstić information content (AvgIpc) is 2.18. The summed E-state index contributed by atoms with van der Waals surface area (Å²) in [4.78, 5) is 0. The van der Waals surface area contributed by atoms with Crippen LogP contribution in [0.1, 0.15) is 18.4 Å². The van der Waals surface area contributed by atoms with E-state index in [-0.39, 0.29) is 0 Å². The van der Waals surface area contributed by atoms with Gasteiger partial charge >= 0.3 is 0 Å². The summed E-state index contributed by atoms with van der Waals surface area (Å²) in [5.74, 6) is 0.730. The van der Waals surface area contributed by atoms with Crippen LogP contribution in [0.5, 0.6) is 0 Å². The van der Waals surface area contributed by atoms with Gasteiger partial charge in [-0.3, -0.25) is 0 Å². The van der Waals surface area contributed by atoms with E-state index in [0.29, 0.717) is 10.4 Å². The second kappa shape index (κ2) is 5.59. The average molecular weight is 279 g/mol. The van der Waals surface area contributed by atoms with E-state index in [0.717, 1.165) is 42.4 Å². The van der Waals surface area contributed by atoms with Crippen molar-refractivity contribution >= 4 is 34.8 Å². The molecule has 4 heteroatoms. The van der Waals surface area contributed by atoms with Crippen LogP contribution < -0.4 is 5.32 Å². The van der Waals surface area contributed by atoms with Crippen LogP contribution in [0.15, 0.2) is 18.2 Å². The predicted molar refractivity (Wildman–Crippen MR) is 70.5 cm³/mol. The van der Waals surface area contributed by atoms with Gasteiger partial charge < -0.3 is 5.32 Å². The molecule has 0 heterocycles. The molecule has 1 fully saturated rings. The highest BCUT2D eigenvalue weighted by Crippen LogP contribution is 2.31. The minimum atomic E-state index is 0.394. The predicted octanol–water partition coefficient (Wildman–Crippen LogP) is 4.10. The molecule has 1 aliphatic carbocycles. The fraction of sp³-hybridized carbons (Fsp3) is 0.500. The SMILES string of the molecule is Clc1ccc(CNCC2CC(Cl)C2)c(Cl)c1. The fourth-order valence-corrected chi connectivity index (χ4v) is 2.88. The molecule has 0 radical (unpaired) electrons. The number of halogens is 3. The molecule has 0 saturated heterocycles. The number of alkyl halides is 1. The van der Waals surface area contributed by atoms with Crippen molar-refractivity contribution in [3.63, 3.8) is 0 Å². The Hall–Kier alpha value is 0.0500. The van der Waals surface area contributed by atoms with Gasteiger partial charge in [0.25, 0.3) is 0 Å². The first-order valence-corrected chi connectivity index (χ1v) is 6.63. The Morgan fingerprint density at radius 1 is 1.25 bits per heavy atom. The molecule has 0 unspecified atom stereocenters. The van der Waals surface area contributed by atoms with E-state index >= 15 is 0 Å². The molecule has 1 aromatic carbocycles. The third-order valence-electron chi connectivity index (χ3n) is 2.94. The summed E-state index contributed by atoms with van der Waals surface area (Å²) >= 11 is 17.8. The van der Waals surface area contributed by atoms with Gasteiger partial charge in [0.2, 0.25) is 0 Å². The van der Waals surface area contributed by atoms with Crippen LogP contribution in [-0.4, -0.2) is 11.9 Å². The maximum absolute atomic E-state index is 6.07. The van der Waals surface area contributed by atoms with Crippen LogP contribution in [0.25, 0.3) is 0 Å². The van der Waals surface area contributed by atoms with E-state index < -0.39 is 0 Å². The molecule has 0 atom stereocenters. The molecule has 1 aromatic rings. The second-order valence-corrected chi connectivity index (χ2v) is 5.76. The molecule has 0 spiro atoms. The van der Waals surface area contributed by atoms with Crippen molar-refractivity contribution in [1.82, 2.24) is 5.32 Å². The van der Waals surface area contributed by atoms with Gasteiger partial charge in [-0.05, 0) is 43.0 Å². The highest BCUT2D eigenvalue weighted by Gasteiger charge is 2.26. The maximum atomic E-state index is 6.07. The standard InChI is InChI=1S/C12H14Cl3N/c13-10-2-1-9(12(15)5-10)7-16-6-8-3-11(14)4-8/h1-2,5,8,11,16H,3-4,6-7H2. The van der Waals surface area contributed by atoms with E-state index in [4.69, 9.17) is 34.8 Å².